The number of hydrogen-bond donors (Lipinski definition) is 2. The quantitative estimate of drug-likeness (QED) is 0.246. The minimum absolute atomic E-state index is 0. The topological polar surface area (TPSA) is 66.1 Å². The molecule has 1 aliphatic heterocycles. The lowest BCUT2D eigenvalue weighted by Gasteiger charge is -2.36. The summed E-state index contributed by atoms with van der Waals surface area (Å²) in [6.07, 6.45) is 0.983. The maximum atomic E-state index is 6.12. The van der Waals surface area contributed by atoms with Crippen molar-refractivity contribution < 1.29 is 4.74 Å². The summed E-state index contributed by atoms with van der Waals surface area (Å²) < 4.78 is 5.14. The molecule has 0 bridgehead atoms. The molecule has 3 N–H and O–H groups in total. The molecule has 0 atom stereocenters. The van der Waals surface area contributed by atoms with Crippen molar-refractivity contribution >= 4 is 52.9 Å². The van der Waals surface area contributed by atoms with Crippen LogP contribution in [0.2, 0.25) is 5.02 Å². The average molecular weight is 530 g/mol. The fraction of sp³-hybridized carbons (Fsp3) is 0.381. The second-order valence-corrected chi connectivity index (χ2v) is 7.17. The molecule has 3 rings (SSSR count). The van der Waals surface area contributed by atoms with Gasteiger partial charge in [0, 0.05) is 50.6 Å². The number of piperazine rings is 1. The van der Waals surface area contributed by atoms with Crippen LogP contribution in [0.25, 0.3) is 0 Å². The number of nitrogens with one attached hydrogen (secondary N) is 1. The third kappa shape index (κ3) is 7.24. The zero-order chi connectivity index (χ0) is 19.8. The van der Waals surface area contributed by atoms with Crippen LogP contribution in [0.3, 0.4) is 0 Å². The van der Waals surface area contributed by atoms with E-state index >= 15 is 0 Å². The first-order valence-electron chi connectivity index (χ1n) is 9.58. The number of benzene rings is 2. The molecule has 2 aromatic rings. The number of aliphatic imine (C=N–C) groups is 1. The van der Waals surface area contributed by atoms with Gasteiger partial charge in [-0.3, -0.25) is 9.89 Å². The number of nitrogens with zero attached hydrogens (tertiary/aromatic N) is 3. The van der Waals surface area contributed by atoms with Gasteiger partial charge < -0.3 is 20.7 Å². The highest BCUT2D eigenvalue weighted by molar-refractivity contribution is 14.0. The van der Waals surface area contributed by atoms with Crippen molar-refractivity contribution in [1.29, 1.82) is 0 Å². The molecule has 1 saturated heterocycles. The van der Waals surface area contributed by atoms with Gasteiger partial charge in [-0.05, 0) is 36.8 Å². The fourth-order valence-corrected chi connectivity index (χ4v) is 3.55. The molecule has 1 heterocycles. The third-order valence-corrected chi connectivity index (χ3v) is 5.13. The lowest BCUT2D eigenvalue weighted by atomic mass is 10.2. The summed E-state index contributed by atoms with van der Waals surface area (Å²) >= 11 is 6.12. The number of guanidine groups is 1. The summed E-state index contributed by atoms with van der Waals surface area (Å²) in [7, 11) is 1.59. The first-order chi connectivity index (χ1) is 13.7. The highest BCUT2D eigenvalue weighted by Crippen LogP contribution is 2.27. The lowest BCUT2D eigenvalue weighted by molar-refractivity contribution is 0.256. The van der Waals surface area contributed by atoms with Gasteiger partial charge in [0.25, 0.3) is 0 Å². The Hall–Kier alpha value is -1.71. The van der Waals surface area contributed by atoms with E-state index in [2.05, 4.69) is 50.4 Å². The minimum atomic E-state index is 0. The van der Waals surface area contributed by atoms with Gasteiger partial charge >= 0.3 is 0 Å². The third-order valence-electron chi connectivity index (χ3n) is 4.83. The van der Waals surface area contributed by atoms with Gasteiger partial charge in [0.15, 0.2) is 5.96 Å². The molecule has 2 aromatic carbocycles. The number of nitrogens with two attached hydrogens (primary N) is 1. The van der Waals surface area contributed by atoms with Crippen LogP contribution in [0.4, 0.5) is 11.4 Å². The Morgan fingerprint density at radius 1 is 1.14 bits per heavy atom. The van der Waals surface area contributed by atoms with Gasteiger partial charge in [-0.25, -0.2) is 0 Å². The van der Waals surface area contributed by atoms with E-state index in [9.17, 15) is 0 Å². The number of anilines is 2. The Kier molecular flexibility index (Phi) is 9.83. The van der Waals surface area contributed by atoms with Crippen LogP contribution in [0.5, 0.6) is 5.75 Å². The molecule has 0 amide bonds. The van der Waals surface area contributed by atoms with E-state index in [1.165, 1.54) is 5.69 Å². The Bertz CT molecular complexity index is 782. The summed E-state index contributed by atoms with van der Waals surface area (Å²) in [5.41, 5.74) is 8.08. The molecule has 1 aliphatic rings. The molecule has 6 nitrogen and oxygen atoms in total. The van der Waals surface area contributed by atoms with Crippen LogP contribution >= 0.6 is 35.6 Å². The van der Waals surface area contributed by atoms with Crippen molar-refractivity contribution in [2.24, 2.45) is 10.7 Å². The van der Waals surface area contributed by atoms with Crippen molar-refractivity contribution in [3.8, 4) is 5.75 Å². The maximum absolute atomic E-state index is 6.12. The summed E-state index contributed by atoms with van der Waals surface area (Å²) in [4.78, 5) is 9.34. The molecule has 0 unspecified atom stereocenters. The van der Waals surface area contributed by atoms with Crippen molar-refractivity contribution in [2.45, 2.75) is 6.42 Å². The number of para-hydroxylation sites is 1. The van der Waals surface area contributed by atoms with E-state index in [1.54, 1.807) is 19.2 Å². The molecule has 8 heteroatoms. The molecule has 0 radical (unpaired) electrons. The molecular formula is C21H29ClIN5O. The van der Waals surface area contributed by atoms with Gasteiger partial charge in [-0.1, -0.05) is 29.8 Å². The lowest BCUT2D eigenvalue weighted by Crippen LogP contribution is -2.46. The van der Waals surface area contributed by atoms with Crippen molar-refractivity contribution in [3.63, 3.8) is 0 Å². The Morgan fingerprint density at radius 3 is 2.52 bits per heavy atom. The first kappa shape index (κ1) is 23.6. The highest BCUT2D eigenvalue weighted by atomic mass is 127. The summed E-state index contributed by atoms with van der Waals surface area (Å²) in [6, 6.07) is 16.0. The van der Waals surface area contributed by atoms with E-state index < -0.39 is 0 Å². The average Bonchev–Trinajstić information content (AvgIpc) is 2.72. The molecule has 1 fully saturated rings. The van der Waals surface area contributed by atoms with Crippen LogP contribution in [0.1, 0.15) is 6.42 Å². The zero-order valence-corrected chi connectivity index (χ0v) is 19.8. The predicted octanol–water partition coefficient (Wildman–Crippen LogP) is 3.91. The normalized spacial score (nSPS) is 15.0. The van der Waals surface area contributed by atoms with Crippen LogP contribution < -0.4 is 20.7 Å². The largest absolute Gasteiger partial charge is 0.495 e. The number of hydrogen-bond acceptors (Lipinski definition) is 4. The molecule has 0 saturated carbocycles. The standard InChI is InChI=1S/C21H28ClN5O.HI/c1-28-20-9-8-17(16-19(20)22)25-21(23)24-10-5-11-26-12-14-27(15-13-26)18-6-3-2-4-7-18;/h2-4,6-9,16H,5,10-15H2,1H3,(H3,23,24,25);1H. The van der Waals surface area contributed by atoms with Crippen LogP contribution in [0.15, 0.2) is 53.5 Å². The second kappa shape index (κ2) is 12.1. The molecule has 0 aliphatic carbocycles. The first-order valence-corrected chi connectivity index (χ1v) is 9.96. The smallest absolute Gasteiger partial charge is 0.193 e. The van der Waals surface area contributed by atoms with E-state index in [0.717, 1.165) is 44.8 Å². The Balaban J connectivity index is 0.00000300. The second-order valence-electron chi connectivity index (χ2n) is 6.76. The van der Waals surface area contributed by atoms with E-state index in [0.29, 0.717) is 23.3 Å². The Labute approximate surface area is 195 Å². The highest BCUT2D eigenvalue weighted by Gasteiger charge is 2.16. The summed E-state index contributed by atoms with van der Waals surface area (Å²) in [5, 5.41) is 3.60. The number of rotatable bonds is 7. The number of methoxy groups -OCH3 is 1. The molecule has 158 valence electrons. The van der Waals surface area contributed by atoms with E-state index in [1.807, 2.05) is 6.07 Å². The number of halogens is 2. The zero-order valence-electron chi connectivity index (χ0n) is 16.7. The Morgan fingerprint density at radius 2 is 1.86 bits per heavy atom. The maximum Gasteiger partial charge on any atom is 0.193 e. The minimum Gasteiger partial charge on any atom is -0.495 e. The van der Waals surface area contributed by atoms with E-state index in [4.69, 9.17) is 22.1 Å². The molecule has 29 heavy (non-hydrogen) atoms. The number of ether oxygens (including phenoxy) is 1. The summed E-state index contributed by atoms with van der Waals surface area (Å²) in [5.74, 6) is 1.03. The SMILES string of the molecule is COc1ccc(NC(N)=NCCCN2CCN(c3ccccc3)CC2)cc1Cl.I. The monoisotopic (exact) mass is 529 g/mol. The molecule has 0 aromatic heterocycles. The van der Waals surface area contributed by atoms with Gasteiger partial charge in [0.1, 0.15) is 5.75 Å². The van der Waals surface area contributed by atoms with Gasteiger partial charge in [-0.15, -0.1) is 24.0 Å². The van der Waals surface area contributed by atoms with Crippen molar-refractivity contribution in [3.05, 3.63) is 53.6 Å². The van der Waals surface area contributed by atoms with Gasteiger partial charge in [-0.2, -0.15) is 0 Å². The predicted molar refractivity (Wildman–Crippen MR) is 133 cm³/mol. The van der Waals surface area contributed by atoms with Crippen LogP contribution in [0, 0.1) is 0 Å². The molecular weight excluding hydrogens is 501 g/mol. The fourth-order valence-electron chi connectivity index (χ4n) is 3.29. The van der Waals surface area contributed by atoms with Crippen LogP contribution in [-0.2, 0) is 0 Å². The van der Waals surface area contributed by atoms with E-state index in [-0.39, 0.29) is 24.0 Å². The van der Waals surface area contributed by atoms with Gasteiger partial charge in [0.2, 0.25) is 0 Å². The van der Waals surface area contributed by atoms with Crippen molar-refractivity contribution in [2.75, 3.05) is 56.6 Å². The molecule has 0 spiro atoms. The van der Waals surface area contributed by atoms with Crippen LogP contribution in [-0.4, -0.2) is 57.2 Å². The van der Waals surface area contributed by atoms with Gasteiger partial charge in [0.05, 0.1) is 12.1 Å². The van der Waals surface area contributed by atoms with Crippen molar-refractivity contribution in [1.82, 2.24) is 4.90 Å². The summed E-state index contributed by atoms with van der Waals surface area (Å²) in [6.45, 7) is 6.02.